The Labute approximate surface area is 146 Å². The fourth-order valence-electron chi connectivity index (χ4n) is 2.88. The fourth-order valence-corrected chi connectivity index (χ4v) is 4.54. The molecule has 1 heterocycles. The van der Waals surface area contributed by atoms with Crippen molar-refractivity contribution in [3.8, 4) is 0 Å². The lowest BCUT2D eigenvalue weighted by atomic mass is 10.0. The van der Waals surface area contributed by atoms with Gasteiger partial charge in [-0.15, -0.1) is 0 Å². The van der Waals surface area contributed by atoms with Crippen LogP contribution >= 0.6 is 0 Å². The van der Waals surface area contributed by atoms with Gasteiger partial charge in [0, 0.05) is 13.1 Å². The van der Waals surface area contributed by atoms with Crippen LogP contribution in [0.3, 0.4) is 0 Å². The number of carbonyl (C=O) groups is 1. The monoisotopic (exact) mass is 362 g/mol. The number of hydrogen-bond donors (Lipinski definition) is 1. The van der Waals surface area contributed by atoms with E-state index in [4.69, 9.17) is 0 Å². The van der Waals surface area contributed by atoms with Crippen LogP contribution in [0.15, 0.2) is 47.4 Å². The summed E-state index contributed by atoms with van der Waals surface area (Å²) in [5, 5.41) is 2.68. The van der Waals surface area contributed by atoms with E-state index in [1.54, 1.807) is 18.2 Å². The lowest BCUT2D eigenvalue weighted by molar-refractivity contribution is -0.126. The van der Waals surface area contributed by atoms with Crippen LogP contribution in [0.2, 0.25) is 0 Å². The first-order valence-electron chi connectivity index (χ1n) is 7.93. The SMILES string of the molecule is Cc1ccc(S(=O)(=O)N2CCNC(=O)C2c2ccc(F)cc2)cc1C. The van der Waals surface area contributed by atoms with E-state index in [0.717, 1.165) is 11.1 Å². The molecule has 1 atom stereocenters. The molecule has 1 N–H and O–H groups in total. The summed E-state index contributed by atoms with van der Waals surface area (Å²) < 4.78 is 40.6. The van der Waals surface area contributed by atoms with Crippen LogP contribution in [-0.2, 0) is 14.8 Å². The first-order chi connectivity index (χ1) is 11.8. The normalized spacial score (nSPS) is 18.8. The highest BCUT2D eigenvalue weighted by Gasteiger charge is 2.39. The van der Waals surface area contributed by atoms with Crippen LogP contribution in [-0.4, -0.2) is 31.7 Å². The number of sulfonamides is 1. The maximum Gasteiger partial charge on any atom is 0.244 e. The number of rotatable bonds is 3. The zero-order valence-electron chi connectivity index (χ0n) is 14.0. The molecule has 1 saturated heterocycles. The van der Waals surface area contributed by atoms with E-state index >= 15 is 0 Å². The van der Waals surface area contributed by atoms with Gasteiger partial charge in [0.2, 0.25) is 15.9 Å². The number of hydrogen-bond acceptors (Lipinski definition) is 3. The Morgan fingerprint density at radius 1 is 1.08 bits per heavy atom. The molecule has 1 aliphatic heterocycles. The molecule has 2 aromatic carbocycles. The molecule has 1 amide bonds. The molecule has 3 rings (SSSR count). The maximum absolute atomic E-state index is 13.2. The molecular weight excluding hydrogens is 343 g/mol. The minimum atomic E-state index is -3.86. The molecular formula is C18H19FN2O3S. The van der Waals surface area contributed by atoms with Crippen LogP contribution in [0.4, 0.5) is 4.39 Å². The summed E-state index contributed by atoms with van der Waals surface area (Å²) >= 11 is 0. The Morgan fingerprint density at radius 3 is 2.40 bits per heavy atom. The topological polar surface area (TPSA) is 66.5 Å². The molecule has 0 bridgehead atoms. The van der Waals surface area contributed by atoms with Crippen molar-refractivity contribution in [2.24, 2.45) is 0 Å². The molecule has 7 heteroatoms. The van der Waals surface area contributed by atoms with Gasteiger partial charge in [-0.2, -0.15) is 4.31 Å². The first-order valence-corrected chi connectivity index (χ1v) is 9.37. The molecule has 0 spiro atoms. The summed E-state index contributed by atoms with van der Waals surface area (Å²) in [7, 11) is -3.86. The summed E-state index contributed by atoms with van der Waals surface area (Å²) in [6, 6.07) is 9.21. The van der Waals surface area contributed by atoms with Crippen molar-refractivity contribution < 1.29 is 17.6 Å². The second kappa shape index (κ2) is 6.57. The number of aryl methyl sites for hydroxylation is 2. The molecule has 0 saturated carbocycles. The Balaban J connectivity index is 2.06. The Bertz CT molecular complexity index is 910. The van der Waals surface area contributed by atoms with Gasteiger partial charge in [-0.1, -0.05) is 18.2 Å². The first kappa shape index (κ1) is 17.6. The van der Waals surface area contributed by atoms with Crippen LogP contribution in [0.1, 0.15) is 22.7 Å². The molecule has 2 aromatic rings. The minimum Gasteiger partial charge on any atom is -0.353 e. The second-order valence-electron chi connectivity index (χ2n) is 6.11. The van der Waals surface area contributed by atoms with E-state index < -0.39 is 27.8 Å². The van der Waals surface area contributed by atoms with Gasteiger partial charge in [0.05, 0.1) is 4.90 Å². The quantitative estimate of drug-likeness (QED) is 0.911. The maximum atomic E-state index is 13.2. The number of amides is 1. The highest BCUT2D eigenvalue weighted by molar-refractivity contribution is 7.89. The summed E-state index contributed by atoms with van der Waals surface area (Å²) in [5.41, 5.74) is 2.29. The number of piperazine rings is 1. The van der Waals surface area contributed by atoms with Crippen molar-refractivity contribution >= 4 is 15.9 Å². The smallest absolute Gasteiger partial charge is 0.244 e. The Kier molecular flexibility index (Phi) is 4.62. The van der Waals surface area contributed by atoms with Crippen molar-refractivity contribution in [1.82, 2.24) is 9.62 Å². The third kappa shape index (κ3) is 3.29. The van der Waals surface area contributed by atoms with Crippen LogP contribution in [0.5, 0.6) is 0 Å². The molecule has 1 unspecified atom stereocenters. The predicted octanol–water partition coefficient (Wildman–Crippen LogP) is 2.30. The number of nitrogens with zero attached hydrogens (tertiary/aromatic N) is 1. The summed E-state index contributed by atoms with van der Waals surface area (Å²) in [6.45, 7) is 4.14. The molecule has 25 heavy (non-hydrogen) atoms. The van der Waals surface area contributed by atoms with Crippen LogP contribution < -0.4 is 5.32 Å². The molecule has 0 radical (unpaired) electrons. The molecule has 1 fully saturated rings. The lowest BCUT2D eigenvalue weighted by Crippen LogP contribution is -2.52. The van der Waals surface area contributed by atoms with E-state index in [-0.39, 0.29) is 18.0 Å². The number of carbonyl (C=O) groups excluding carboxylic acids is 1. The van der Waals surface area contributed by atoms with E-state index in [1.807, 2.05) is 13.8 Å². The highest BCUT2D eigenvalue weighted by atomic mass is 32.2. The van der Waals surface area contributed by atoms with Crippen LogP contribution in [0, 0.1) is 19.7 Å². The van der Waals surface area contributed by atoms with Crippen molar-refractivity contribution in [3.63, 3.8) is 0 Å². The molecule has 132 valence electrons. The molecule has 1 aliphatic rings. The molecule has 5 nitrogen and oxygen atoms in total. The van der Waals surface area contributed by atoms with E-state index in [9.17, 15) is 17.6 Å². The van der Waals surface area contributed by atoms with E-state index in [0.29, 0.717) is 5.56 Å². The highest BCUT2D eigenvalue weighted by Crippen LogP contribution is 2.30. The van der Waals surface area contributed by atoms with Crippen molar-refractivity contribution in [2.75, 3.05) is 13.1 Å². The van der Waals surface area contributed by atoms with Crippen LogP contribution in [0.25, 0.3) is 0 Å². The zero-order valence-corrected chi connectivity index (χ0v) is 14.8. The number of halogens is 1. The van der Waals surface area contributed by atoms with Gasteiger partial charge in [0.15, 0.2) is 0 Å². The van der Waals surface area contributed by atoms with Crippen molar-refractivity contribution in [1.29, 1.82) is 0 Å². The lowest BCUT2D eigenvalue weighted by Gasteiger charge is -2.34. The number of nitrogens with one attached hydrogen (secondary N) is 1. The third-order valence-corrected chi connectivity index (χ3v) is 6.30. The van der Waals surface area contributed by atoms with Gasteiger partial charge in [-0.05, 0) is 54.8 Å². The molecule has 0 aromatic heterocycles. The van der Waals surface area contributed by atoms with Crippen molar-refractivity contribution in [2.45, 2.75) is 24.8 Å². The van der Waals surface area contributed by atoms with E-state index in [2.05, 4.69) is 5.32 Å². The minimum absolute atomic E-state index is 0.150. The largest absolute Gasteiger partial charge is 0.353 e. The van der Waals surface area contributed by atoms with Gasteiger partial charge >= 0.3 is 0 Å². The van der Waals surface area contributed by atoms with Gasteiger partial charge in [-0.25, -0.2) is 12.8 Å². The fraction of sp³-hybridized carbons (Fsp3) is 0.278. The summed E-state index contributed by atoms with van der Waals surface area (Å²) in [4.78, 5) is 12.5. The Hall–Kier alpha value is -2.25. The Morgan fingerprint density at radius 2 is 1.76 bits per heavy atom. The van der Waals surface area contributed by atoms with Gasteiger partial charge < -0.3 is 5.32 Å². The summed E-state index contributed by atoms with van der Waals surface area (Å²) in [5.74, 6) is -0.853. The summed E-state index contributed by atoms with van der Waals surface area (Å²) in [6.07, 6.45) is 0. The van der Waals surface area contributed by atoms with E-state index in [1.165, 1.54) is 28.6 Å². The van der Waals surface area contributed by atoms with Crippen molar-refractivity contribution in [3.05, 3.63) is 65.0 Å². The number of benzene rings is 2. The third-order valence-electron chi connectivity index (χ3n) is 4.44. The van der Waals surface area contributed by atoms with Gasteiger partial charge in [0.25, 0.3) is 0 Å². The molecule has 0 aliphatic carbocycles. The second-order valence-corrected chi connectivity index (χ2v) is 8.00. The zero-order chi connectivity index (χ0) is 18.2. The average molecular weight is 362 g/mol. The average Bonchev–Trinajstić information content (AvgIpc) is 2.58. The standard InChI is InChI=1S/C18H19FN2O3S/c1-12-3-8-16(11-13(12)2)25(23,24)21-10-9-20-18(22)17(21)14-4-6-15(19)7-5-14/h3-8,11,17H,9-10H2,1-2H3,(H,20,22). The van der Waals surface area contributed by atoms with Gasteiger partial charge in [0.1, 0.15) is 11.9 Å². The predicted molar refractivity (Wildman–Crippen MR) is 92.0 cm³/mol. The van der Waals surface area contributed by atoms with Gasteiger partial charge in [-0.3, -0.25) is 4.79 Å².